The van der Waals surface area contributed by atoms with Gasteiger partial charge in [0.1, 0.15) is 0 Å². The van der Waals surface area contributed by atoms with Crippen molar-refractivity contribution in [1.29, 1.82) is 0 Å². The maximum Gasteiger partial charge on any atom is 0.317 e. The van der Waals surface area contributed by atoms with Gasteiger partial charge < -0.3 is 15.1 Å². The molecule has 3 rings (SSSR count). The molecule has 1 saturated heterocycles. The van der Waals surface area contributed by atoms with E-state index in [2.05, 4.69) is 5.32 Å². The highest BCUT2D eigenvalue weighted by Gasteiger charge is 2.24. The molecular weight excluding hydrogens is 322 g/mol. The lowest BCUT2D eigenvalue weighted by Gasteiger charge is -2.27. The van der Waals surface area contributed by atoms with Crippen LogP contribution in [0.2, 0.25) is 0 Å². The predicted molar refractivity (Wildman–Crippen MR) is 96.2 cm³/mol. The number of rotatable bonds is 3. The van der Waals surface area contributed by atoms with Crippen LogP contribution in [-0.2, 0) is 11.2 Å². The van der Waals surface area contributed by atoms with Crippen molar-refractivity contribution in [2.45, 2.75) is 51.0 Å². The monoisotopic (exact) mass is 349 g/mol. The average molecular weight is 350 g/mol. The summed E-state index contributed by atoms with van der Waals surface area (Å²) in [6.45, 7) is 2.76. The molecule has 132 valence electrons. The number of hydrogen-bond donors (Lipinski definition) is 1. The normalized spacial score (nSPS) is 19.8. The first-order chi connectivity index (χ1) is 11.7. The lowest BCUT2D eigenvalue weighted by atomic mass is 9.96. The van der Waals surface area contributed by atoms with Crippen molar-refractivity contribution in [3.8, 4) is 0 Å². The van der Waals surface area contributed by atoms with Gasteiger partial charge >= 0.3 is 6.03 Å². The Labute approximate surface area is 148 Å². The molecule has 1 aromatic rings. The minimum Gasteiger partial charge on any atom is -0.341 e. The first kappa shape index (κ1) is 17.3. The third kappa shape index (κ3) is 4.72. The summed E-state index contributed by atoms with van der Waals surface area (Å²) in [4.78, 5) is 29.8. The fourth-order valence-electron chi connectivity index (χ4n) is 3.56. The van der Waals surface area contributed by atoms with E-state index in [4.69, 9.17) is 0 Å². The molecule has 1 N–H and O–H groups in total. The summed E-state index contributed by atoms with van der Waals surface area (Å²) < 4.78 is 0. The summed E-state index contributed by atoms with van der Waals surface area (Å²) in [5, 5.41) is 5.18. The Bertz CT molecular complexity index is 540. The van der Waals surface area contributed by atoms with Gasteiger partial charge in [0.25, 0.3) is 0 Å². The number of nitrogens with zero attached hydrogens (tertiary/aromatic N) is 2. The molecule has 2 heterocycles. The number of nitrogens with one attached hydrogen (secondary N) is 1. The zero-order valence-corrected chi connectivity index (χ0v) is 15.0. The second-order valence-corrected chi connectivity index (χ2v) is 7.79. The molecule has 0 unspecified atom stereocenters. The Morgan fingerprint density at radius 1 is 1.04 bits per heavy atom. The molecule has 0 bridgehead atoms. The summed E-state index contributed by atoms with van der Waals surface area (Å²) in [5.41, 5.74) is 0. The number of carbonyl (C=O) groups excluding carboxylic acids is 2. The van der Waals surface area contributed by atoms with E-state index in [0.717, 1.165) is 37.2 Å². The molecule has 5 nitrogen and oxygen atoms in total. The predicted octanol–water partition coefficient (Wildman–Crippen LogP) is 2.87. The molecule has 1 aromatic heterocycles. The molecule has 0 aromatic carbocycles. The van der Waals surface area contributed by atoms with Gasteiger partial charge in [-0.05, 0) is 30.7 Å². The van der Waals surface area contributed by atoms with Crippen LogP contribution in [0.25, 0.3) is 0 Å². The smallest absolute Gasteiger partial charge is 0.317 e. The van der Waals surface area contributed by atoms with E-state index in [1.54, 1.807) is 11.3 Å². The minimum absolute atomic E-state index is 0.0504. The lowest BCUT2D eigenvalue weighted by molar-refractivity contribution is -0.130. The maximum absolute atomic E-state index is 12.5. The Morgan fingerprint density at radius 2 is 1.79 bits per heavy atom. The molecule has 0 spiro atoms. The number of thiophene rings is 1. The van der Waals surface area contributed by atoms with E-state index in [1.165, 1.54) is 19.3 Å². The topological polar surface area (TPSA) is 52.7 Å². The fourth-order valence-corrected chi connectivity index (χ4v) is 4.25. The van der Waals surface area contributed by atoms with Crippen LogP contribution in [0.3, 0.4) is 0 Å². The first-order valence-corrected chi connectivity index (χ1v) is 9.96. The molecule has 2 fully saturated rings. The molecule has 1 saturated carbocycles. The first-order valence-electron chi connectivity index (χ1n) is 9.08. The van der Waals surface area contributed by atoms with E-state index >= 15 is 0 Å². The van der Waals surface area contributed by atoms with Gasteiger partial charge in [-0.15, -0.1) is 11.3 Å². The molecule has 2 aliphatic rings. The Morgan fingerprint density at radius 3 is 2.54 bits per heavy atom. The van der Waals surface area contributed by atoms with E-state index < -0.39 is 0 Å². The summed E-state index contributed by atoms with van der Waals surface area (Å²) >= 11 is 1.62. The van der Waals surface area contributed by atoms with Gasteiger partial charge in [0.05, 0.1) is 6.42 Å². The number of urea groups is 1. The molecule has 3 amide bonds. The molecule has 6 heteroatoms. The molecule has 1 aliphatic carbocycles. The summed E-state index contributed by atoms with van der Waals surface area (Å²) in [5.74, 6) is 0.173. The van der Waals surface area contributed by atoms with Crippen molar-refractivity contribution in [2.75, 3.05) is 26.2 Å². The Kier molecular flexibility index (Phi) is 6.12. The van der Waals surface area contributed by atoms with Crippen LogP contribution >= 0.6 is 11.3 Å². The molecule has 24 heavy (non-hydrogen) atoms. The van der Waals surface area contributed by atoms with Crippen LogP contribution in [0, 0.1) is 0 Å². The SMILES string of the molecule is O=C(Cc1cccs1)N1CCCN(C(=O)NC2CCCCC2)CC1. The minimum atomic E-state index is 0.0504. The number of amides is 3. The van der Waals surface area contributed by atoms with Crippen molar-refractivity contribution < 1.29 is 9.59 Å². The Hall–Kier alpha value is -1.56. The fraction of sp³-hybridized carbons (Fsp3) is 0.667. The van der Waals surface area contributed by atoms with Gasteiger partial charge in [-0.25, -0.2) is 4.79 Å². The second kappa shape index (κ2) is 8.51. The van der Waals surface area contributed by atoms with Gasteiger partial charge in [0.2, 0.25) is 5.91 Å². The second-order valence-electron chi connectivity index (χ2n) is 6.76. The highest BCUT2D eigenvalue weighted by atomic mass is 32.1. The van der Waals surface area contributed by atoms with Crippen molar-refractivity contribution in [1.82, 2.24) is 15.1 Å². The van der Waals surface area contributed by atoms with Crippen LogP contribution in [0.5, 0.6) is 0 Å². The number of carbonyl (C=O) groups is 2. The van der Waals surface area contributed by atoms with Gasteiger partial charge in [-0.1, -0.05) is 25.3 Å². The van der Waals surface area contributed by atoms with Crippen LogP contribution in [0.1, 0.15) is 43.4 Å². The molecule has 0 atom stereocenters. The average Bonchev–Trinajstić information content (AvgIpc) is 2.96. The zero-order chi connectivity index (χ0) is 16.8. The third-order valence-corrected chi connectivity index (χ3v) is 5.85. The molecular formula is C18H27N3O2S. The zero-order valence-electron chi connectivity index (χ0n) is 14.2. The standard InChI is InChI=1S/C18H27N3O2S/c22-17(14-16-8-4-13-24-16)20-9-5-10-21(12-11-20)18(23)19-15-6-2-1-3-7-15/h4,8,13,15H,1-3,5-7,9-12,14H2,(H,19,23). The summed E-state index contributed by atoms with van der Waals surface area (Å²) in [6.07, 6.45) is 7.26. The van der Waals surface area contributed by atoms with E-state index in [1.807, 2.05) is 27.3 Å². The Balaban J connectivity index is 1.47. The van der Waals surface area contributed by atoms with E-state index in [0.29, 0.717) is 25.6 Å². The van der Waals surface area contributed by atoms with Gasteiger partial charge in [0, 0.05) is 37.1 Å². The quantitative estimate of drug-likeness (QED) is 0.912. The van der Waals surface area contributed by atoms with E-state index in [-0.39, 0.29) is 11.9 Å². The summed E-state index contributed by atoms with van der Waals surface area (Å²) in [6, 6.07) is 4.37. The molecule has 0 radical (unpaired) electrons. The molecule has 1 aliphatic heterocycles. The highest BCUT2D eigenvalue weighted by molar-refractivity contribution is 7.10. The van der Waals surface area contributed by atoms with Crippen molar-refractivity contribution in [3.05, 3.63) is 22.4 Å². The van der Waals surface area contributed by atoms with Crippen LogP contribution < -0.4 is 5.32 Å². The van der Waals surface area contributed by atoms with Gasteiger partial charge in [-0.2, -0.15) is 0 Å². The lowest BCUT2D eigenvalue weighted by Crippen LogP contribution is -2.47. The largest absolute Gasteiger partial charge is 0.341 e. The maximum atomic E-state index is 12.5. The van der Waals surface area contributed by atoms with E-state index in [9.17, 15) is 9.59 Å². The van der Waals surface area contributed by atoms with Crippen LogP contribution in [-0.4, -0.2) is 54.0 Å². The van der Waals surface area contributed by atoms with Crippen molar-refractivity contribution >= 4 is 23.3 Å². The van der Waals surface area contributed by atoms with Crippen LogP contribution in [0.4, 0.5) is 4.79 Å². The van der Waals surface area contributed by atoms with Crippen molar-refractivity contribution in [3.63, 3.8) is 0 Å². The summed E-state index contributed by atoms with van der Waals surface area (Å²) in [7, 11) is 0. The highest BCUT2D eigenvalue weighted by Crippen LogP contribution is 2.18. The van der Waals surface area contributed by atoms with Crippen LogP contribution in [0.15, 0.2) is 17.5 Å². The van der Waals surface area contributed by atoms with Gasteiger partial charge in [0.15, 0.2) is 0 Å². The third-order valence-electron chi connectivity index (χ3n) is 4.97. The van der Waals surface area contributed by atoms with Gasteiger partial charge in [-0.3, -0.25) is 4.79 Å². The van der Waals surface area contributed by atoms with Crippen molar-refractivity contribution in [2.24, 2.45) is 0 Å². The number of hydrogen-bond acceptors (Lipinski definition) is 3.